The number of ether oxygens (including phenoxy) is 4. The van der Waals surface area contributed by atoms with E-state index in [9.17, 15) is 19.5 Å². The molecule has 1 aliphatic heterocycles. The number of carbonyl (C=O) groups excluding carboxylic acids is 2. The van der Waals surface area contributed by atoms with E-state index >= 15 is 0 Å². The van der Waals surface area contributed by atoms with Crippen molar-refractivity contribution in [2.24, 2.45) is 0 Å². The summed E-state index contributed by atoms with van der Waals surface area (Å²) in [7, 11) is 1.52. The molecule has 1 atom stereocenters. The maximum absolute atomic E-state index is 12.6. The zero-order chi connectivity index (χ0) is 26.2. The first-order valence-corrected chi connectivity index (χ1v) is 11.5. The van der Waals surface area contributed by atoms with Crippen molar-refractivity contribution in [2.75, 3.05) is 31.7 Å². The molecule has 1 heterocycles. The summed E-state index contributed by atoms with van der Waals surface area (Å²) in [6.45, 7) is 0.0428. The molecule has 37 heavy (non-hydrogen) atoms. The zero-order valence-electron chi connectivity index (χ0n) is 20.1. The first-order chi connectivity index (χ1) is 17.9. The average molecular weight is 507 g/mol. The Hall–Kier alpha value is -4.73. The predicted octanol–water partition coefficient (Wildman–Crippen LogP) is 4.19. The van der Waals surface area contributed by atoms with E-state index in [1.54, 1.807) is 53.4 Å². The van der Waals surface area contributed by atoms with E-state index in [2.05, 4.69) is 0 Å². The minimum Gasteiger partial charge on any atom is -0.497 e. The number of hydrogen-bond acceptors (Lipinski definition) is 7. The highest BCUT2D eigenvalue weighted by Gasteiger charge is 2.32. The molecule has 1 saturated heterocycles. The van der Waals surface area contributed by atoms with Gasteiger partial charge in [-0.1, -0.05) is 30.3 Å². The van der Waals surface area contributed by atoms with Crippen molar-refractivity contribution in [1.82, 2.24) is 4.90 Å². The molecule has 1 fully saturated rings. The third-order valence-corrected chi connectivity index (χ3v) is 5.52. The standard InChI is InChI=1S/C27H26N2O8/c1-34-21-11-13-23(14-12-21)36-26(32)28(17-25(30)31)15-19-7-9-22(10-8-19)35-18-24-16-29(27(33)37-24)20-5-3-2-4-6-20/h2-14,24H,15-18H2,1H3,(H,30,31). The Balaban J connectivity index is 1.31. The van der Waals surface area contributed by atoms with Gasteiger partial charge in [-0.15, -0.1) is 0 Å². The molecular formula is C27H26N2O8. The van der Waals surface area contributed by atoms with Crippen molar-refractivity contribution in [3.63, 3.8) is 0 Å². The van der Waals surface area contributed by atoms with Gasteiger partial charge in [0.15, 0.2) is 6.10 Å². The van der Waals surface area contributed by atoms with Gasteiger partial charge in [0.1, 0.15) is 30.4 Å². The van der Waals surface area contributed by atoms with Crippen molar-refractivity contribution in [3.05, 3.63) is 84.4 Å². The summed E-state index contributed by atoms with van der Waals surface area (Å²) in [5.74, 6) is 0.248. The Bertz CT molecular complexity index is 1220. The van der Waals surface area contributed by atoms with Crippen LogP contribution < -0.4 is 19.1 Å². The van der Waals surface area contributed by atoms with E-state index in [1.807, 2.05) is 30.3 Å². The first-order valence-electron chi connectivity index (χ1n) is 11.5. The minimum absolute atomic E-state index is 0.0217. The molecule has 0 aliphatic carbocycles. The van der Waals surface area contributed by atoms with Crippen LogP contribution in [0.1, 0.15) is 5.56 Å². The summed E-state index contributed by atoms with van der Waals surface area (Å²) in [6, 6.07) is 22.5. The summed E-state index contributed by atoms with van der Waals surface area (Å²) < 4.78 is 21.6. The summed E-state index contributed by atoms with van der Waals surface area (Å²) in [4.78, 5) is 38.7. The topological polar surface area (TPSA) is 115 Å². The maximum Gasteiger partial charge on any atom is 0.416 e. The van der Waals surface area contributed by atoms with Crippen LogP contribution in [0.4, 0.5) is 15.3 Å². The number of carboxylic acid groups (broad SMARTS) is 1. The number of benzene rings is 3. The van der Waals surface area contributed by atoms with Gasteiger partial charge in [-0.05, 0) is 54.1 Å². The Kier molecular flexibility index (Phi) is 8.09. The molecule has 0 aromatic heterocycles. The first kappa shape index (κ1) is 25.4. The molecular weight excluding hydrogens is 480 g/mol. The number of anilines is 1. The second-order valence-electron chi connectivity index (χ2n) is 8.20. The zero-order valence-corrected chi connectivity index (χ0v) is 20.1. The Morgan fingerprint density at radius 1 is 0.973 bits per heavy atom. The lowest BCUT2D eigenvalue weighted by molar-refractivity contribution is -0.138. The monoisotopic (exact) mass is 506 g/mol. The Morgan fingerprint density at radius 2 is 1.62 bits per heavy atom. The fourth-order valence-electron chi connectivity index (χ4n) is 3.69. The molecule has 4 rings (SSSR count). The van der Waals surface area contributed by atoms with E-state index in [0.717, 1.165) is 10.6 Å². The predicted molar refractivity (Wildman–Crippen MR) is 133 cm³/mol. The molecule has 0 saturated carbocycles. The number of para-hydroxylation sites is 1. The number of aliphatic carboxylic acids is 1. The lowest BCUT2D eigenvalue weighted by Crippen LogP contribution is -2.37. The van der Waals surface area contributed by atoms with Gasteiger partial charge >= 0.3 is 18.2 Å². The average Bonchev–Trinajstić information content (AvgIpc) is 3.29. The van der Waals surface area contributed by atoms with Gasteiger partial charge in [0, 0.05) is 12.2 Å². The van der Waals surface area contributed by atoms with Crippen LogP contribution in [-0.2, 0) is 16.1 Å². The number of carboxylic acids is 1. The molecule has 2 amide bonds. The number of carbonyl (C=O) groups is 3. The van der Waals surface area contributed by atoms with Crippen LogP contribution in [0.2, 0.25) is 0 Å². The number of hydrogen-bond donors (Lipinski definition) is 1. The molecule has 0 spiro atoms. The number of rotatable bonds is 10. The second kappa shape index (κ2) is 11.8. The normalized spacial score (nSPS) is 14.6. The molecule has 1 aliphatic rings. The highest BCUT2D eigenvalue weighted by atomic mass is 16.6. The fourth-order valence-corrected chi connectivity index (χ4v) is 3.69. The molecule has 3 aromatic rings. The van der Waals surface area contributed by atoms with E-state index in [-0.39, 0.29) is 18.9 Å². The molecule has 3 aromatic carbocycles. The van der Waals surface area contributed by atoms with Crippen molar-refractivity contribution >= 4 is 23.8 Å². The highest BCUT2D eigenvalue weighted by molar-refractivity contribution is 5.89. The summed E-state index contributed by atoms with van der Waals surface area (Å²) >= 11 is 0. The van der Waals surface area contributed by atoms with Crippen LogP contribution in [0.3, 0.4) is 0 Å². The van der Waals surface area contributed by atoms with Gasteiger partial charge in [0.05, 0.1) is 13.7 Å². The van der Waals surface area contributed by atoms with E-state index in [4.69, 9.17) is 18.9 Å². The van der Waals surface area contributed by atoms with E-state index < -0.39 is 30.8 Å². The largest absolute Gasteiger partial charge is 0.497 e. The lowest BCUT2D eigenvalue weighted by Gasteiger charge is -2.20. The maximum atomic E-state index is 12.6. The van der Waals surface area contributed by atoms with Crippen LogP contribution in [0.15, 0.2) is 78.9 Å². The molecule has 192 valence electrons. The van der Waals surface area contributed by atoms with E-state index in [0.29, 0.717) is 23.6 Å². The molecule has 1 N–H and O–H groups in total. The van der Waals surface area contributed by atoms with Gasteiger partial charge < -0.3 is 24.1 Å². The van der Waals surface area contributed by atoms with Crippen molar-refractivity contribution in [3.8, 4) is 17.2 Å². The van der Waals surface area contributed by atoms with Crippen molar-refractivity contribution in [1.29, 1.82) is 0 Å². The lowest BCUT2D eigenvalue weighted by atomic mass is 10.2. The van der Waals surface area contributed by atoms with Gasteiger partial charge in [0.25, 0.3) is 0 Å². The van der Waals surface area contributed by atoms with Crippen molar-refractivity contribution in [2.45, 2.75) is 12.6 Å². The summed E-state index contributed by atoms with van der Waals surface area (Å²) in [5, 5.41) is 9.25. The molecule has 1 unspecified atom stereocenters. The molecule has 10 heteroatoms. The molecule has 0 radical (unpaired) electrons. The fraction of sp³-hybridized carbons (Fsp3) is 0.222. The van der Waals surface area contributed by atoms with Crippen LogP contribution in [-0.4, -0.2) is 61.1 Å². The SMILES string of the molecule is COc1ccc(OC(=O)N(CC(=O)O)Cc2ccc(OCC3CN(c4ccccc4)C(=O)O3)cc2)cc1. The Morgan fingerprint density at radius 3 is 2.27 bits per heavy atom. The highest BCUT2D eigenvalue weighted by Crippen LogP contribution is 2.23. The van der Waals surface area contributed by atoms with Crippen LogP contribution >= 0.6 is 0 Å². The van der Waals surface area contributed by atoms with Gasteiger partial charge in [-0.25, -0.2) is 9.59 Å². The van der Waals surface area contributed by atoms with Gasteiger partial charge in [-0.3, -0.25) is 14.6 Å². The van der Waals surface area contributed by atoms with Crippen molar-refractivity contribution < 1.29 is 38.4 Å². The van der Waals surface area contributed by atoms with E-state index in [1.165, 1.54) is 7.11 Å². The smallest absolute Gasteiger partial charge is 0.416 e. The third kappa shape index (κ3) is 6.91. The van der Waals surface area contributed by atoms with Crippen LogP contribution in [0.25, 0.3) is 0 Å². The third-order valence-electron chi connectivity index (χ3n) is 5.52. The van der Waals surface area contributed by atoms with Crippen LogP contribution in [0.5, 0.6) is 17.2 Å². The minimum atomic E-state index is -1.16. The van der Waals surface area contributed by atoms with Gasteiger partial charge in [-0.2, -0.15) is 0 Å². The molecule has 0 bridgehead atoms. The van der Waals surface area contributed by atoms with Crippen LogP contribution in [0, 0.1) is 0 Å². The number of methoxy groups -OCH3 is 1. The number of amides is 2. The summed E-state index contributed by atoms with van der Waals surface area (Å²) in [6.07, 6.45) is -1.64. The second-order valence-corrected chi connectivity index (χ2v) is 8.20. The molecule has 10 nitrogen and oxygen atoms in total. The quantitative estimate of drug-likeness (QED) is 0.435. The summed E-state index contributed by atoms with van der Waals surface area (Å²) in [5.41, 5.74) is 1.44. The number of cyclic esters (lactones) is 1. The van der Waals surface area contributed by atoms with Gasteiger partial charge in [0.2, 0.25) is 0 Å². The number of nitrogens with zero attached hydrogens (tertiary/aromatic N) is 2. The Labute approximate surface area is 213 Å².